The van der Waals surface area contributed by atoms with E-state index in [-0.39, 0.29) is 10.8 Å². The zero-order valence-electron chi connectivity index (χ0n) is 12.8. The number of aromatic amines is 1. The molecule has 0 saturated heterocycles. The molecule has 0 atom stereocenters. The normalized spacial score (nSPS) is 18.8. The average Bonchev–Trinajstić information content (AvgIpc) is 3.04. The van der Waals surface area contributed by atoms with Crippen LogP contribution in [-0.2, 0) is 10.8 Å². The zero-order valence-corrected chi connectivity index (χ0v) is 12.8. The smallest absolute Gasteiger partial charge is 0.112 e. The summed E-state index contributed by atoms with van der Waals surface area (Å²) in [5.74, 6) is 1.05. The molecule has 2 aromatic rings. The number of rotatable bonds is 2. The summed E-state index contributed by atoms with van der Waals surface area (Å²) in [6, 6.07) is 6.65. The Kier molecular flexibility index (Phi) is 3.13. The summed E-state index contributed by atoms with van der Waals surface area (Å²) >= 11 is 0. The minimum absolute atomic E-state index is 0.0537. The third kappa shape index (κ3) is 2.14. The van der Waals surface area contributed by atoms with Gasteiger partial charge in [-0.25, -0.2) is 4.98 Å². The number of nitrogens with two attached hydrogens (primary N) is 1. The van der Waals surface area contributed by atoms with E-state index in [2.05, 4.69) is 44.0 Å². The number of benzene rings is 1. The molecule has 3 heteroatoms. The second-order valence-electron chi connectivity index (χ2n) is 7.26. The average molecular weight is 271 g/mol. The van der Waals surface area contributed by atoms with Gasteiger partial charge >= 0.3 is 0 Å². The van der Waals surface area contributed by atoms with Crippen LogP contribution < -0.4 is 5.73 Å². The van der Waals surface area contributed by atoms with Gasteiger partial charge in [0.05, 0.1) is 11.0 Å². The molecule has 1 aliphatic carbocycles. The van der Waals surface area contributed by atoms with E-state index in [0.29, 0.717) is 0 Å². The van der Waals surface area contributed by atoms with E-state index in [0.717, 1.165) is 23.4 Å². The molecular weight excluding hydrogens is 246 g/mol. The van der Waals surface area contributed by atoms with Crippen LogP contribution in [0.25, 0.3) is 11.0 Å². The maximum absolute atomic E-state index is 6.09. The van der Waals surface area contributed by atoms with Crippen LogP contribution in [0.3, 0.4) is 0 Å². The maximum atomic E-state index is 6.09. The molecule has 108 valence electrons. The minimum atomic E-state index is 0.0537. The predicted octanol–water partition coefficient (Wildman–Crippen LogP) is 3.63. The summed E-state index contributed by atoms with van der Waals surface area (Å²) in [4.78, 5) is 8.20. The Morgan fingerprint density at radius 3 is 2.55 bits per heavy atom. The molecule has 0 aliphatic heterocycles. The van der Waals surface area contributed by atoms with Crippen molar-refractivity contribution in [1.29, 1.82) is 0 Å². The minimum Gasteiger partial charge on any atom is -0.342 e. The number of nitrogens with one attached hydrogen (secondary N) is 1. The Morgan fingerprint density at radius 2 is 1.95 bits per heavy atom. The van der Waals surface area contributed by atoms with Gasteiger partial charge in [-0.2, -0.15) is 0 Å². The Labute approximate surface area is 121 Å². The van der Waals surface area contributed by atoms with E-state index < -0.39 is 0 Å². The van der Waals surface area contributed by atoms with Crippen molar-refractivity contribution < 1.29 is 0 Å². The van der Waals surface area contributed by atoms with Gasteiger partial charge in [0.15, 0.2) is 0 Å². The Balaban J connectivity index is 2.06. The lowest BCUT2D eigenvalue weighted by molar-refractivity contribution is 0.453. The molecule has 1 aromatic carbocycles. The Hall–Kier alpha value is -1.35. The SMILES string of the molecule is CC(C)(C)c1nc2ccc(C3(CN)CCCC3)cc2[nH]1. The second kappa shape index (κ2) is 4.59. The second-order valence-corrected chi connectivity index (χ2v) is 7.26. The molecule has 0 bridgehead atoms. The summed E-state index contributed by atoms with van der Waals surface area (Å²) < 4.78 is 0. The van der Waals surface area contributed by atoms with Crippen LogP contribution in [0.2, 0.25) is 0 Å². The van der Waals surface area contributed by atoms with Gasteiger partial charge in [0, 0.05) is 17.4 Å². The molecule has 0 spiro atoms. The standard InChI is InChI=1S/C17H25N3/c1-16(2,3)15-19-13-7-6-12(10-14(13)20-15)17(11-18)8-4-5-9-17/h6-7,10H,4-5,8-9,11,18H2,1-3H3,(H,19,20). The van der Waals surface area contributed by atoms with Crippen molar-refractivity contribution in [3.8, 4) is 0 Å². The summed E-state index contributed by atoms with van der Waals surface area (Å²) in [6.07, 6.45) is 5.03. The Morgan fingerprint density at radius 1 is 1.25 bits per heavy atom. The van der Waals surface area contributed by atoms with Crippen LogP contribution >= 0.6 is 0 Å². The van der Waals surface area contributed by atoms with Crippen molar-refractivity contribution in [3.05, 3.63) is 29.6 Å². The van der Waals surface area contributed by atoms with Crippen molar-refractivity contribution in [2.75, 3.05) is 6.54 Å². The fraction of sp³-hybridized carbons (Fsp3) is 0.588. The maximum Gasteiger partial charge on any atom is 0.112 e. The fourth-order valence-corrected chi connectivity index (χ4v) is 3.36. The third-order valence-electron chi connectivity index (χ3n) is 4.76. The quantitative estimate of drug-likeness (QED) is 0.876. The van der Waals surface area contributed by atoms with Gasteiger partial charge in [0.2, 0.25) is 0 Å². The molecule has 1 fully saturated rings. The van der Waals surface area contributed by atoms with Gasteiger partial charge in [-0.3, -0.25) is 0 Å². The molecule has 0 unspecified atom stereocenters. The first kappa shape index (κ1) is 13.6. The first-order chi connectivity index (χ1) is 9.44. The van der Waals surface area contributed by atoms with Gasteiger partial charge in [-0.05, 0) is 30.5 Å². The van der Waals surface area contributed by atoms with Gasteiger partial charge in [-0.1, -0.05) is 39.7 Å². The summed E-state index contributed by atoms with van der Waals surface area (Å²) in [5, 5.41) is 0. The highest BCUT2D eigenvalue weighted by Gasteiger charge is 2.34. The van der Waals surface area contributed by atoms with Crippen LogP contribution in [-0.4, -0.2) is 16.5 Å². The van der Waals surface area contributed by atoms with Crippen molar-refractivity contribution in [1.82, 2.24) is 9.97 Å². The summed E-state index contributed by atoms with van der Waals surface area (Å²) in [5.41, 5.74) is 9.93. The number of H-pyrrole nitrogens is 1. The molecule has 3 rings (SSSR count). The first-order valence-electron chi connectivity index (χ1n) is 7.65. The van der Waals surface area contributed by atoms with Crippen LogP contribution in [0.15, 0.2) is 18.2 Å². The summed E-state index contributed by atoms with van der Waals surface area (Å²) in [7, 11) is 0. The van der Waals surface area contributed by atoms with Crippen molar-refractivity contribution in [2.24, 2.45) is 5.73 Å². The van der Waals surface area contributed by atoms with Gasteiger partial charge in [0.1, 0.15) is 5.82 Å². The molecule has 1 heterocycles. The third-order valence-corrected chi connectivity index (χ3v) is 4.76. The molecule has 20 heavy (non-hydrogen) atoms. The lowest BCUT2D eigenvalue weighted by atomic mass is 9.79. The van der Waals surface area contributed by atoms with E-state index in [1.165, 1.54) is 31.2 Å². The number of aromatic nitrogens is 2. The van der Waals surface area contributed by atoms with Crippen LogP contribution in [0.1, 0.15) is 57.8 Å². The largest absolute Gasteiger partial charge is 0.342 e. The monoisotopic (exact) mass is 271 g/mol. The van der Waals surface area contributed by atoms with E-state index in [1.54, 1.807) is 0 Å². The molecule has 0 amide bonds. The highest BCUT2D eigenvalue weighted by molar-refractivity contribution is 5.76. The van der Waals surface area contributed by atoms with Crippen molar-refractivity contribution in [3.63, 3.8) is 0 Å². The first-order valence-corrected chi connectivity index (χ1v) is 7.65. The lowest BCUT2D eigenvalue weighted by Gasteiger charge is -2.27. The molecule has 1 aliphatic rings. The number of hydrogen-bond donors (Lipinski definition) is 2. The summed E-state index contributed by atoms with van der Waals surface area (Å²) in [6.45, 7) is 7.30. The molecule has 1 aromatic heterocycles. The molecule has 1 saturated carbocycles. The predicted molar refractivity (Wildman–Crippen MR) is 84.0 cm³/mol. The number of imidazole rings is 1. The van der Waals surface area contributed by atoms with E-state index >= 15 is 0 Å². The molecule has 0 radical (unpaired) electrons. The molecular formula is C17H25N3. The van der Waals surface area contributed by atoms with Gasteiger partial charge in [0.25, 0.3) is 0 Å². The molecule has 3 nitrogen and oxygen atoms in total. The lowest BCUT2D eigenvalue weighted by Crippen LogP contribution is -2.31. The highest BCUT2D eigenvalue weighted by atomic mass is 14.9. The van der Waals surface area contributed by atoms with Crippen molar-refractivity contribution >= 4 is 11.0 Å². The van der Waals surface area contributed by atoms with Gasteiger partial charge in [-0.15, -0.1) is 0 Å². The van der Waals surface area contributed by atoms with Crippen LogP contribution in [0.4, 0.5) is 0 Å². The molecule has 3 N–H and O–H groups in total. The fourth-order valence-electron chi connectivity index (χ4n) is 3.36. The topological polar surface area (TPSA) is 54.7 Å². The zero-order chi connectivity index (χ0) is 14.4. The number of hydrogen-bond acceptors (Lipinski definition) is 2. The number of fused-ring (bicyclic) bond motifs is 1. The van der Waals surface area contributed by atoms with E-state index in [1.807, 2.05) is 0 Å². The van der Waals surface area contributed by atoms with Gasteiger partial charge < -0.3 is 10.7 Å². The van der Waals surface area contributed by atoms with Crippen LogP contribution in [0, 0.1) is 0 Å². The number of nitrogens with zero attached hydrogens (tertiary/aromatic N) is 1. The van der Waals surface area contributed by atoms with Crippen LogP contribution in [0.5, 0.6) is 0 Å². The Bertz CT molecular complexity index is 613. The van der Waals surface area contributed by atoms with Crippen molar-refractivity contribution in [2.45, 2.75) is 57.3 Å². The van der Waals surface area contributed by atoms with E-state index in [4.69, 9.17) is 10.7 Å². The van der Waals surface area contributed by atoms with E-state index in [9.17, 15) is 0 Å². The highest BCUT2D eigenvalue weighted by Crippen LogP contribution is 2.41.